The van der Waals surface area contributed by atoms with Crippen LogP contribution in [0.3, 0.4) is 0 Å². The SMILES string of the molecule is CC(C)c1ccc(N2C(=O)N[C@@H](CC(=O)N3CCN(S(C)(=O)=O)CC3)C2=O)cc1. The van der Waals surface area contributed by atoms with Crippen LogP contribution in [0.4, 0.5) is 10.5 Å². The van der Waals surface area contributed by atoms with Crippen LogP contribution in [0.5, 0.6) is 0 Å². The van der Waals surface area contributed by atoms with Gasteiger partial charge in [0, 0.05) is 26.2 Å². The Morgan fingerprint density at radius 2 is 1.69 bits per heavy atom. The van der Waals surface area contributed by atoms with E-state index < -0.39 is 28.0 Å². The molecule has 29 heavy (non-hydrogen) atoms. The second kappa shape index (κ2) is 8.11. The molecule has 3 rings (SSSR count). The maximum Gasteiger partial charge on any atom is 0.329 e. The van der Waals surface area contributed by atoms with Crippen LogP contribution in [0, 0.1) is 0 Å². The first-order valence-electron chi connectivity index (χ1n) is 9.55. The monoisotopic (exact) mass is 422 g/mol. The average molecular weight is 423 g/mol. The van der Waals surface area contributed by atoms with Crippen LogP contribution in [0.1, 0.15) is 31.7 Å². The van der Waals surface area contributed by atoms with Crippen molar-refractivity contribution in [3.63, 3.8) is 0 Å². The molecule has 2 fully saturated rings. The molecule has 2 saturated heterocycles. The van der Waals surface area contributed by atoms with E-state index in [1.165, 1.54) is 9.21 Å². The summed E-state index contributed by atoms with van der Waals surface area (Å²) < 4.78 is 24.5. The van der Waals surface area contributed by atoms with E-state index in [9.17, 15) is 22.8 Å². The van der Waals surface area contributed by atoms with Crippen molar-refractivity contribution in [2.24, 2.45) is 0 Å². The van der Waals surface area contributed by atoms with Crippen molar-refractivity contribution in [1.82, 2.24) is 14.5 Å². The summed E-state index contributed by atoms with van der Waals surface area (Å²) >= 11 is 0. The third kappa shape index (κ3) is 4.59. The maximum atomic E-state index is 12.7. The van der Waals surface area contributed by atoms with E-state index in [4.69, 9.17) is 0 Å². The fourth-order valence-corrected chi connectivity index (χ4v) is 4.32. The third-order valence-corrected chi connectivity index (χ3v) is 6.58. The molecule has 10 heteroatoms. The fourth-order valence-electron chi connectivity index (χ4n) is 3.50. The van der Waals surface area contributed by atoms with Crippen LogP contribution in [0.2, 0.25) is 0 Å². The minimum atomic E-state index is -3.28. The Morgan fingerprint density at radius 3 is 2.21 bits per heavy atom. The lowest BCUT2D eigenvalue weighted by Gasteiger charge is -2.33. The van der Waals surface area contributed by atoms with Gasteiger partial charge in [0.2, 0.25) is 15.9 Å². The molecule has 0 aromatic heterocycles. The van der Waals surface area contributed by atoms with Crippen molar-refractivity contribution in [2.75, 3.05) is 37.3 Å². The summed E-state index contributed by atoms with van der Waals surface area (Å²) in [5, 5.41) is 2.58. The highest BCUT2D eigenvalue weighted by molar-refractivity contribution is 7.88. The number of sulfonamides is 1. The summed E-state index contributed by atoms with van der Waals surface area (Å²) in [5.74, 6) is -0.412. The van der Waals surface area contributed by atoms with Gasteiger partial charge in [-0.3, -0.25) is 9.59 Å². The quantitative estimate of drug-likeness (QED) is 0.704. The molecule has 1 atom stereocenters. The van der Waals surface area contributed by atoms with Crippen LogP contribution in [-0.4, -0.2) is 73.9 Å². The number of hydrogen-bond donors (Lipinski definition) is 1. The average Bonchev–Trinajstić information content (AvgIpc) is 2.94. The largest absolute Gasteiger partial charge is 0.340 e. The van der Waals surface area contributed by atoms with Crippen LogP contribution in [0.15, 0.2) is 24.3 Å². The molecule has 158 valence electrons. The van der Waals surface area contributed by atoms with Crippen molar-refractivity contribution < 1.29 is 22.8 Å². The van der Waals surface area contributed by atoms with Crippen LogP contribution < -0.4 is 10.2 Å². The molecule has 2 aliphatic heterocycles. The molecule has 0 unspecified atom stereocenters. The van der Waals surface area contributed by atoms with E-state index in [-0.39, 0.29) is 38.5 Å². The Morgan fingerprint density at radius 1 is 1.10 bits per heavy atom. The van der Waals surface area contributed by atoms with Gasteiger partial charge in [0.15, 0.2) is 0 Å². The van der Waals surface area contributed by atoms with E-state index in [2.05, 4.69) is 19.2 Å². The minimum Gasteiger partial charge on any atom is -0.340 e. The predicted octanol–water partition coefficient (Wildman–Crippen LogP) is 0.729. The summed E-state index contributed by atoms with van der Waals surface area (Å²) in [4.78, 5) is 40.2. The second-order valence-corrected chi connectivity index (χ2v) is 9.65. The lowest BCUT2D eigenvalue weighted by Crippen LogP contribution is -2.51. The fraction of sp³-hybridized carbons (Fsp3) is 0.526. The lowest BCUT2D eigenvalue weighted by molar-refractivity contribution is -0.134. The lowest BCUT2D eigenvalue weighted by atomic mass is 10.0. The number of anilines is 1. The van der Waals surface area contributed by atoms with Crippen LogP contribution in [-0.2, 0) is 19.6 Å². The number of nitrogens with zero attached hydrogens (tertiary/aromatic N) is 3. The number of piperazine rings is 1. The number of rotatable bonds is 5. The first-order valence-corrected chi connectivity index (χ1v) is 11.4. The molecule has 2 heterocycles. The molecule has 4 amide bonds. The standard InChI is InChI=1S/C19H26N4O5S/c1-13(2)14-4-6-15(7-5-14)23-18(25)16(20-19(23)26)12-17(24)21-8-10-22(11-9-21)29(3,27)28/h4-7,13,16H,8-12H2,1-3H3,(H,20,26)/t16-/m0/s1. The highest BCUT2D eigenvalue weighted by atomic mass is 32.2. The Kier molecular flexibility index (Phi) is 5.95. The van der Waals surface area contributed by atoms with E-state index in [0.29, 0.717) is 11.6 Å². The summed E-state index contributed by atoms with van der Waals surface area (Å²) in [5.41, 5.74) is 1.56. The Hall–Kier alpha value is -2.46. The van der Waals surface area contributed by atoms with Gasteiger partial charge in [-0.1, -0.05) is 26.0 Å². The van der Waals surface area contributed by atoms with Crippen molar-refractivity contribution in [1.29, 1.82) is 0 Å². The zero-order chi connectivity index (χ0) is 21.3. The van der Waals surface area contributed by atoms with Crippen LogP contribution >= 0.6 is 0 Å². The van der Waals surface area contributed by atoms with Crippen molar-refractivity contribution in [3.05, 3.63) is 29.8 Å². The third-order valence-electron chi connectivity index (χ3n) is 5.28. The molecule has 1 N–H and O–H groups in total. The molecular formula is C19H26N4O5S. The van der Waals surface area contributed by atoms with E-state index >= 15 is 0 Å². The summed E-state index contributed by atoms with van der Waals surface area (Å²) in [7, 11) is -3.28. The Balaban J connectivity index is 1.62. The predicted molar refractivity (Wildman–Crippen MR) is 108 cm³/mol. The zero-order valence-electron chi connectivity index (χ0n) is 16.8. The molecule has 0 spiro atoms. The van der Waals surface area contributed by atoms with E-state index in [0.717, 1.165) is 16.7 Å². The zero-order valence-corrected chi connectivity index (χ0v) is 17.6. The minimum absolute atomic E-state index is 0.149. The molecule has 2 aliphatic rings. The number of imide groups is 1. The number of amides is 4. The molecule has 1 aromatic carbocycles. The number of urea groups is 1. The van der Waals surface area contributed by atoms with Crippen LogP contribution in [0.25, 0.3) is 0 Å². The van der Waals surface area contributed by atoms with Gasteiger partial charge in [-0.05, 0) is 23.6 Å². The molecule has 0 aliphatic carbocycles. The molecule has 1 aromatic rings. The normalized spacial score (nSPS) is 21.0. The Labute approximate surface area is 170 Å². The number of carbonyl (C=O) groups is 3. The smallest absolute Gasteiger partial charge is 0.329 e. The molecule has 0 bridgehead atoms. The topological polar surface area (TPSA) is 107 Å². The van der Waals surface area contributed by atoms with Gasteiger partial charge >= 0.3 is 6.03 Å². The van der Waals surface area contributed by atoms with Gasteiger partial charge in [0.05, 0.1) is 18.4 Å². The maximum absolute atomic E-state index is 12.7. The number of hydrogen-bond acceptors (Lipinski definition) is 5. The Bertz CT molecular complexity index is 905. The van der Waals surface area contributed by atoms with Gasteiger partial charge in [0.25, 0.3) is 5.91 Å². The van der Waals surface area contributed by atoms with E-state index in [1.54, 1.807) is 12.1 Å². The highest BCUT2D eigenvalue weighted by Crippen LogP contribution is 2.24. The number of nitrogens with one attached hydrogen (secondary N) is 1. The second-order valence-electron chi connectivity index (χ2n) is 7.67. The summed E-state index contributed by atoms with van der Waals surface area (Å²) in [6.07, 6.45) is 0.990. The van der Waals surface area contributed by atoms with Crippen molar-refractivity contribution in [2.45, 2.75) is 32.2 Å². The highest BCUT2D eigenvalue weighted by Gasteiger charge is 2.41. The van der Waals surface area contributed by atoms with Gasteiger partial charge in [-0.15, -0.1) is 0 Å². The van der Waals surface area contributed by atoms with Crippen molar-refractivity contribution in [3.8, 4) is 0 Å². The number of carbonyl (C=O) groups excluding carboxylic acids is 3. The summed E-state index contributed by atoms with van der Waals surface area (Å²) in [6.45, 7) is 5.09. The van der Waals surface area contributed by atoms with E-state index in [1.807, 2.05) is 12.1 Å². The van der Waals surface area contributed by atoms with Crippen molar-refractivity contribution >= 4 is 33.6 Å². The van der Waals surface area contributed by atoms with Gasteiger partial charge in [0.1, 0.15) is 6.04 Å². The first kappa shape index (κ1) is 21.3. The van der Waals surface area contributed by atoms with Gasteiger partial charge in [-0.25, -0.2) is 18.1 Å². The molecule has 0 radical (unpaired) electrons. The molecule has 0 saturated carbocycles. The summed E-state index contributed by atoms with van der Waals surface area (Å²) in [6, 6.07) is 5.73. The van der Waals surface area contributed by atoms with Gasteiger partial charge < -0.3 is 10.2 Å². The number of benzene rings is 1. The molecular weight excluding hydrogens is 396 g/mol. The molecule has 9 nitrogen and oxygen atoms in total. The van der Waals surface area contributed by atoms with Gasteiger partial charge in [-0.2, -0.15) is 4.31 Å². The first-order chi connectivity index (χ1) is 13.6.